The first-order chi connectivity index (χ1) is 5.95. The van der Waals surface area contributed by atoms with Crippen molar-refractivity contribution < 1.29 is 4.39 Å². The fourth-order valence-electron chi connectivity index (χ4n) is 1.03. The van der Waals surface area contributed by atoms with Gasteiger partial charge in [0.1, 0.15) is 5.82 Å². The molecular formula is C9H14FN3. The smallest absolute Gasteiger partial charge is 0.163 e. The Hall–Kier alpha value is -1.03. The minimum atomic E-state index is -0.371. The Morgan fingerprint density at radius 2 is 2.08 bits per heavy atom. The topological polar surface area (TPSA) is 51.8 Å². The third kappa shape index (κ3) is 2.21. The van der Waals surface area contributed by atoms with Crippen LogP contribution in [0.4, 0.5) is 4.39 Å². The van der Waals surface area contributed by atoms with Crippen molar-refractivity contribution in [2.75, 3.05) is 0 Å². The van der Waals surface area contributed by atoms with Crippen LogP contribution in [0.5, 0.6) is 0 Å². The van der Waals surface area contributed by atoms with Crippen LogP contribution in [0, 0.1) is 5.82 Å². The Morgan fingerprint density at radius 1 is 1.46 bits per heavy atom. The van der Waals surface area contributed by atoms with E-state index in [0.29, 0.717) is 11.5 Å². The van der Waals surface area contributed by atoms with E-state index in [0.717, 1.165) is 0 Å². The van der Waals surface area contributed by atoms with E-state index in [1.807, 2.05) is 20.8 Å². The number of hydrogen-bond acceptors (Lipinski definition) is 3. The summed E-state index contributed by atoms with van der Waals surface area (Å²) in [4.78, 5) is 7.81. The Labute approximate surface area is 77.2 Å². The molecule has 0 unspecified atom stereocenters. The zero-order valence-electron chi connectivity index (χ0n) is 8.13. The van der Waals surface area contributed by atoms with Gasteiger partial charge >= 0.3 is 0 Å². The number of rotatable bonds is 1. The summed E-state index contributed by atoms with van der Waals surface area (Å²) in [5, 5.41) is 0. The molecule has 0 amide bonds. The van der Waals surface area contributed by atoms with Gasteiger partial charge in [-0.05, 0) is 0 Å². The number of aromatic nitrogens is 2. The van der Waals surface area contributed by atoms with E-state index in [1.54, 1.807) is 0 Å². The van der Waals surface area contributed by atoms with Crippen LogP contribution >= 0.6 is 0 Å². The summed E-state index contributed by atoms with van der Waals surface area (Å²) in [5.41, 5.74) is 5.48. The van der Waals surface area contributed by atoms with Gasteiger partial charge in [0.25, 0.3) is 0 Å². The Balaban J connectivity index is 3.19. The van der Waals surface area contributed by atoms with Gasteiger partial charge in [0.05, 0.1) is 18.4 Å². The summed E-state index contributed by atoms with van der Waals surface area (Å²) >= 11 is 0. The predicted octanol–water partition coefficient (Wildman–Crippen LogP) is 1.37. The van der Waals surface area contributed by atoms with Crippen LogP contribution in [0.15, 0.2) is 6.20 Å². The van der Waals surface area contributed by atoms with Gasteiger partial charge in [0.2, 0.25) is 0 Å². The van der Waals surface area contributed by atoms with Crippen molar-refractivity contribution in [1.82, 2.24) is 9.97 Å². The monoisotopic (exact) mass is 183 g/mol. The lowest BCUT2D eigenvalue weighted by atomic mass is 9.91. The first-order valence-electron chi connectivity index (χ1n) is 4.17. The standard InChI is InChI=1S/C9H14FN3/c1-9(2,3)8-6(10)5-12-7(4-11)13-8/h5H,4,11H2,1-3H3. The second kappa shape index (κ2) is 3.38. The van der Waals surface area contributed by atoms with E-state index >= 15 is 0 Å². The molecule has 0 fully saturated rings. The molecule has 0 radical (unpaired) electrons. The molecule has 1 rings (SSSR count). The van der Waals surface area contributed by atoms with Crippen LogP contribution < -0.4 is 5.73 Å². The van der Waals surface area contributed by atoms with Crippen LogP contribution in [-0.4, -0.2) is 9.97 Å². The first kappa shape index (κ1) is 10.1. The Bertz CT molecular complexity index is 304. The van der Waals surface area contributed by atoms with Gasteiger partial charge in [-0.25, -0.2) is 14.4 Å². The van der Waals surface area contributed by atoms with Gasteiger partial charge < -0.3 is 5.73 Å². The predicted molar refractivity (Wildman–Crippen MR) is 48.6 cm³/mol. The zero-order valence-corrected chi connectivity index (χ0v) is 8.13. The number of nitrogens with zero attached hydrogens (tertiary/aromatic N) is 2. The van der Waals surface area contributed by atoms with Crippen molar-refractivity contribution in [3.05, 3.63) is 23.5 Å². The van der Waals surface area contributed by atoms with Crippen LogP contribution in [0.1, 0.15) is 32.3 Å². The molecule has 0 bridgehead atoms. The molecule has 0 spiro atoms. The van der Waals surface area contributed by atoms with Crippen molar-refractivity contribution in [3.8, 4) is 0 Å². The largest absolute Gasteiger partial charge is 0.324 e. The van der Waals surface area contributed by atoms with Crippen molar-refractivity contribution in [1.29, 1.82) is 0 Å². The highest BCUT2D eigenvalue weighted by molar-refractivity contribution is 5.14. The highest BCUT2D eigenvalue weighted by atomic mass is 19.1. The molecule has 1 aromatic rings. The van der Waals surface area contributed by atoms with Crippen LogP contribution in [-0.2, 0) is 12.0 Å². The van der Waals surface area contributed by atoms with E-state index in [-0.39, 0.29) is 17.8 Å². The lowest BCUT2D eigenvalue weighted by Gasteiger charge is -2.18. The van der Waals surface area contributed by atoms with Crippen LogP contribution in [0.25, 0.3) is 0 Å². The third-order valence-corrected chi connectivity index (χ3v) is 1.69. The van der Waals surface area contributed by atoms with Crippen LogP contribution in [0.3, 0.4) is 0 Å². The molecule has 0 saturated heterocycles. The van der Waals surface area contributed by atoms with Crippen molar-refractivity contribution >= 4 is 0 Å². The molecule has 4 heteroatoms. The molecule has 72 valence electrons. The highest BCUT2D eigenvalue weighted by Gasteiger charge is 2.20. The molecule has 0 aromatic carbocycles. The minimum absolute atomic E-state index is 0.239. The van der Waals surface area contributed by atoms with Crippen molar-refractivity contribution in [2.24, 2.45) is 5.73 Å². The van der Waals surface area contributed by atoms with Crippen LogP contribution in [0.2, 0.25) is 0 Å². The Morgan fingerprint density at radius 3 is 2.54 bits per heavy atom. The molecule has 13 heavy (non-hydrogen) atoms. The highest BCUT2D eigenvalue weighted by Crippen LogP contribution is 2.22. The molecule has 1 heterocycles. The summed E-state index contributed by atoms with van der Waals surface area (Å²) in [6.45, 7) is 5.94. The number of nitrogens with two attached hydrogens (primary N) is 1. The molecule has 3 nitrogen and oxygen atoms in total. The number of halogens is 1. The molecule has 0 aliphatic rings. The van der Waals surface area contributed by atoms with Gasteiger partial charge in [-0.1, -0.05) is 20.8 Å². The summed E-state index contributed by atoms with van der Waals surface area (Å²) < 4.78 is 13.2. The van der Waals surface area contributed by atoms with E-state index in [4.69, 9.17) is 5.73 Å². The number of hydrogen-bond donors (Lipinski definition) is 1. The summed E-state index contributed by atoms with van der Waals surface area (Å²) in [6.07, 6.45) is 1.18. The maximum atomic E-state index is 13.2. The maximum Gasteiger partial charge on any atom is 0.163 e. The SMILES string of the molecule is CC(C)(C)c1nc(CN)ncc1F. The van der Waals surface area contributed by atoms with Gasteiger partial charge in [0, 0.05) is 5.41 Å². The van der Waals surface area contributed by atoms with Crippen molar-refractivity contribution in [2.45, 2.75) is 32.7 Å². The van der Waals surface area contributed by atoms with E-state index in [1.165, 1.54) is 6.20 Å². The quantitative estimate of drug-likeness (QED) is 0.715. The normalized spacial score (nSPS) is 11.8. The molecule has 0 atom stereocenters. The molecule has 0 aliphatic heterocycles. The lowest BCUT2D eigenvalue weighted by molar-refractivity contribution is 0.493. The second-order valence-corrected chi connectivity index (χ2v) is 3.94. The average Bonchev–Trinajstić information content (AvgIpc) is 2.03. The minimum Gasteiger partial charge on any atom is -0.324 e. The van der Waals surface area contributed by atoms with Gasteiger partial charge in [0.15, 0.2) is 5.82 Å². The molecule has 0 saturated carbocycles. The summed E-state index contributed by atoms with van der Waals surface area (Å²) in [6, 6.07) is 0. The summed E-state index contributed by atoms with van der Waals surface area (Å²) in [5.74, 6) is 0.107. The van der Waals surface area contributed by atoms with Gasteiger partial charge in [-0.2, -0.15) is 0 Å². The van der Waals surface area contributed by atoms with E-state index in [9.17, 15) is 4.39 Å². The van der Waals surface area contributed by atoms with Crippen molar-refractivity contribution in [3.63, 3.8) is 0 Å². The molecule has 1 aromatic heterocycles. The molecule has 2 N–H and O–H groups in total. The molecule has 0 aliphatic carbocycles. The fraction of sp³-hybridized carbons (Fsp3) is 0.556. The Kier molecular flexibility index (Phi) is 2.61. The molecular weight excluding hydrogens is 169 g/mol. The van der Waals surface area contributed by atoms with E-state index < -0.39 is 0 Å². The first-order valence-corrected chi connectivity index (χ1v) is 4.17. The average molecular weight is 183 g/mol. The van der Waals surface area contributed by atoms with Gasteiger partial charge in [-0.3, -0.25) is 0 Å². The third-order valence-electron chi connectivity index (χ3n) is 1.69. The van der Waals surface area contributed by atoms with E-state index in [2.05, 4.69) is 9.97 Å². The van der Waals surface area contributed by atoms with Gasteiger partial charge in [-0.15, -0.1) is 0 Å². The fourth-order valence-corrected chi connectivity index (χ4v) is 1.03. The second-order valence-electron chi connectivity index (χ2n) is 3.94. The summed E-state index contributed by atoms with van der Waals surface area (Å²) in [7, 11) is 0. The zero-order chi connectivity index (χ0) is 10.1. The lowest BCUT2D eigenvalue weighted by Crippen LogP contribution is -2.18. The maximum absolute atomic E-state index is 13.2.